The quantitative estimate of drug-likeness (QED) is 0.185. The van der Waals surface area contributed by atoms with Gasteiger partial charge in [-0.25, -0.2) is 4.99 Å². The number of hydrogen-bond acceptors (Lipinski definition) is 5. The lowest BCUT2D eigenvalue weighted by Crippen LogP contribution is -2.27. The van der Waals surface area contributed by atoms with Crippen molar-refractivity contribution in [3.8, 4) is 11.5 Å². The van der Waals surface area contributed by atoms with Crippen LogP contribution in [-0.2, 0) is 19.4 Å². The van der Waals surface area contributed by atoms with Crippen LogP contribution in [0.25, 0.3) is 0 Å². The Morgan fingerprint density at radius 2 is 1.73 bits per heavy atom. The van der Waals surface area contributed by atoms with Crippen molar-refractivity contribution in [1.29, 1.82) is 0 Å². The number of anilines is 1. The fourth-order valence-corrected chi connectivity index (χ4v) is 7.47. The molecule has 45 heavy (non-hydrogen) atoms. The number of carbonyl (C=O) groups is 1. The number of aliphatic imine (C=N–C) groups is 1. The van der Waals surface area contributed by atoms with Crippen LogP contribution >= 0.6 is 22.9 Å². The first-order valence-electron chi connectivity index (χ1n) is 15.6. The maximum Gasteiger partial charge on any atom is 0.259 e. The topological polar surface area (TPSA) is 59.9 Å². The molecule has 1 heterocycles. The van der Waals surface area contributed by atoms with Gasteiger partial charge in [-0.2, -0.15) is 0 Å². The van der Waals surface area contributed by atoms with Crippen molar-refractivity contribution in [1.82, 2.24) is 0 Å². The maximum atomic E-state index is 13.7. The standard InChI is InChI=1S/C38H43ClN2O3S/c1-8-43-33-19-26(9-16-32(33)44-22-31-24(3)17-23(2)18-25(31)4)21-40-37-35(36(42)41-29-13-11-28(39)12-14-29)30-15-10-27(38(5,6)7)20-34(30)45-37/h9,11-14,16-19,21,27H,8,10,15,20,22H2,1-7H3,(H,41,42)/t27-/m0/s1. The number of thiophene rings is 1. The van der Waals surface area contributed by atoms with Crippen LogP contribution in [-0.4, -0.2) is 18.7 Å². The monoisotopic (exact) mass is 642 g/mol. The highest BCUT2D eigenvalue weighted by Gasteiger charge is 2.33. The average molecular weight is 643 g/mol. The zero-order valence-electron chi connectivity index (χ0n) is 27.3. The molecule has 1 aromatic heterocycles. The molecule has 5 rings (SSSR count). The minimum Gasteiger partial charge on any atom is -0.490 e. The molecule has 7 heteroatoms. The van der Waals surface area contributed by atoms with Crippen molar-refractivity contribution >= 4 is 45.7 Å². The van der Waals surface area contributed by atoms with Gasteiger partial charge < -0.3 is 14.8 Å². The zero-order chi connectivity index (χ0) is 32.3. The number of benzene rings is 3. The second-order valence-corrected chi connectivity index (χ2v) is 14.5. The minimum absolute atomic E-state index is 0.142. The van der Waals surface area contributed by atoms with Crippen LogP contribution in [0.2, 0.25) is 5.02 Å². The molecule has 0 fully saturated rings. The molecule has 1 atom stereocenters. The number of rotatable bonds is 9. The molecule has 0 unspecified atom stereocenters. The zero-order valence-corrected chi connectivity index (χ0v) is 28.9. The predicted octanol–water partition coefficient (Wildman–Crippen LogP) is 10.5. The molecule has 1 aliphatic rings. The minimum atomic E-state index is -0.142. The van der Waals surface area contributed by atoms with E-state index in [1.807, 2.05) is 43.5 Å². The van der Waals surface area contributed by atoms with Crippen LogP contribution in [0.15, 0.2) is 59.6 Å². The Kier molecular flexibility index (Phi) is 10.0. The first-order valence-corrected chi connectivity index (χ1v) is 16.8. The van der Waals surface area contributed by atoms with Crippen molar-refractivity contribution in [2.24, 2.45) is 16.3 Å². The molecule has 1 N–H and O–H groups in total. The molecule has 1 aliphatic carbocycles. The first kappa shape index (κ1) is 32.8. The highest BCUT2D eigenvalue weighted by Crippen LogP contribution is 2.45. The summed E-state index contributed by atoms with van der Waals surface area (Å²) in [7, 11) is 0. The van der Waals surface area contributed by atoms with Gasteiger partial charge in [-0.3, -0.25) is 4.79 Å². The molecule has 3 aromatic carbocycles. The highest BCUT2D eigenvalue weighted by molar-refractivity contribution is 7.16. The molecule has 0 radical (unpaired) electrons. The van der Waals surface area contributed by atoms with Gasteiger partial charge in [0, 0.05) is 21.8 Å². The van der Waals surface area contributed by atoms with Crippen LogP contribution in [0, 0.1) is 32.1 Å². The molecule has 5 nitrogen and oxygen atoms in total. The molecule has 1 amide bonds. The van der Waals surface area contributed by atoms with Gasteiger partial charge in [0.2, 0.25) is 0 Å². The summed E-state index contributed by atoms with van der Waals surface area (Å²) in [6, 6.07) is 17.4. The molecule has 236 valence electrons. The van der Waals surface area contributed by atoms with Crippen molar-refractivity contribution in [2.45, 2.75) is 74.3 Å². The number of halogens is 1. The van der Waals surface area contributed by atoms with E-state index in [9.17, 15) is 4.79 Å². The predicted molar refractivity (Wildman–Crippen MR) is 189 cm³/mol. The smallest absolute Gasteiger partial charge is 0.259 e. The number of ether oxygens (including phenoxy) is 2. The van der Waals surface area contributed by atoms with Crippen molar-refractivity contribution < 1.29 is 14.3 Å². The summed E-state index contributed by atoms with van der Waals surface area (Å²) < 4.78 is 12.3. The normalized spacial score (nSPS) is 14.8. The van der Waals surface area contributed by atoms with Crippen LogP contribution in [0.5, 0.6) is 11.5 Å². The number of aryl methyl sites for hydroxylation is 3. The second-order valence-electron chi connectivity index (χ2n) is 13.0. The molecular formula is C38H43ClN2O3S. The Balaban J connectivity index is 1.43. The first-order chi connectivity index (χ1) is 21.4. The summed E-state index contributed by atoms with van der Waals surface area (Å²) >= 11 is 7.71. The molecule has 4 aromatic rings. The Morgan fingerprint density at radius 3 is 2.40 bits per heavy atom. The van der Waals surface area contributed by atoms with E-state index in [1.165, 1.54) is 27.1 Å². The van der Waals surface area contributed by atoms with E-state index < -0.39 is 0 Å². The third-order valence-electron chi connectivity index (χ3n) is 8.61. The van der Waals surface area contributed by atoms with Crippen LogP contribution in [0.3, 0.4) is 0 Å². The Morgan fingerprint density at radius 1 is 1.02 bits per heavy atom. The van der Waals surface area contributed by atoms with E-state index in [0.717, 1.165) is 35.4 Å². The number of hydrogen-bond donors (Lipinski definition) is 1. The van der Waals surface area contributed by atoms with E-state index in [4.69, 9.17) is 26.1 Å². The molecule has 0 saturated carbocycles. The lowest BCUT2D eigenvalue weighted by molar-refractivity contribution is 0.102. The summed E-state index contributed by atoms with van der Waals surface area (Å²) in [4.78, 5) is 19.9. The number of nitrogens with zero attached hydrogens (tertiary/aromatic N) is 1. The van der Waals surface area contributed by atoms with Gasteiger partial charge in [0.05, 0.1) is 12.2 Å². The number of nitrogens with one attached hydrogen (secondary N) is 1. The summed E-state index contributed by atoms with van der Waals surface area (Å²) in [5.74, 6) is 1.78. The number of fused-ring (bicyclic) bond motifs is 1. The van der Waals surface area contributed by atoms with Crippen molar-refractivity contribution in [3.63, 3.8) is 0 Å². The highest BCUT2D eigenvalue weighted by atomic mass is 35.5. The lowest BCUT2D eigenvalue weighted by atomic mass is 9.72. The summed E-state index contributed by atoms with van der Waals surface area (Å²) in [6.45, 7) is 16.2. The Bertz CT molecular complexity index is 1690. The van der Waals surface area contributed by atoms with E-state index in [0.29, 0.717) is 46.9 Å². The van der Waals surface area contributed by atoms with Gasteiger partial charge >= 0.3 is 0 Å². The molecule has 0 aliphatic heterocycles. The molecule has 0 bridgehead atoms. The SMILES string of the molecule is CCOc1cc(C=Nc2sc3c(c2C(=O)Nc2ccc(Cl)cc2)CC[C@H](C(C)(C)C)C3)ccc1OCc1c(C)cc(C)cc1C. The lowest BCUT2D eigenvalue weighted by Gasteiger charge is -2.33. The van der Waals surface area contributed by atoms with E-state index in [1.54, 1.807) is 23.5 Å². The van der Waals surface area contributed by atoms with Gasteiger partial charge in [0.15, 0.2) is 11.5 Å². The maximum absolute atomic E-state index is 13.7. The fraction of sp³-hybridized carbons (Fsp3) is 0.368. The van der Waals surface area contributed by atoms with Gasteiger partial charge in [-0.05, 0) is 129 Å². The van der Waals surface area contributed by atoms with Gasteiger partial charge in [0.1, 0.15) is 11.6 Å². The molecule has 0 spiro atoms. The summed E-state index contributed by atoms with van der Waals surface area (Å²) in [5.41, 5.74) is 8.45. The summed E-state index contributed by atoms with van der Waals surface area (Å²) in [6.07, 6.45) is 4.70. The second kappa shape index (κ2) is 13.8. The Hall–Kier alpha value is -3.61. The van der Waals surface area contributed by atoms with Crippen LogP contribution in [0.1, 0.15) is 82.7 Å². The Labute approximate surface area is 276 Å². The van der Waals surface area contributed by atoms with Crippen molar-refractivity contribution in [3.05, 3.63) is 103 Å². The summed E-state index contributed by atoms with van der Waals surface area (Å²) in [5, 5.41) is 4.43. The van der Waals surface area contributed by atoms with Crippen molar-refractivity contribution in [2.75, 3.05) is 11.9 Å². The molecular weight excluding hydrogens is 600 g/mol. The van der Waals surface area contributed by atoms with E-state index in [2.05, 4.69) is 59.0 Å². The average Bonchev–Trinajstić information content (AvgIpc) is 3.35. The van der Waals surface area contributed by atoms with E-state index in [-0.39, 0.29) is 11.3 Å². The number of amides is 1. The van der Waals surface area contributed by atoms with Gasteiger partial charge in [-0.1, -0.05) is 50.1 Å². The molecule has 0 saturated heterocycles. The fourth-order valence-electron chi connectivity index (χ4n) is 6.08. The van der Waals surface area contributed by atoms with E-state index >= 15 is 0 Å². The third kappa shape index (κ3) is 7.79. The van der Waals surface area contributed by atoms with Gasteiger partial charge in [-0.15, -0.1) is 11.3 Å². The third-order valence-corrected chi connectivity index (χ3v) is 10.0. The van der Waals surface area contributed by atoms with Crippen LogP contribution in [0.4, 0.5) is 10.7 Å². The van der Waals surface area contributed by atoms with Gasteiger partial charge in [0.25, 0.3) is 5.91 Å². The van der Waals surface area contributed by atoms with Crippen LogP contribution < -0.4 is 14.8 Å². The largest absolute Gasteiger partial charge is 0.490 e. The number of carbonyl (C=O) groups excluding carboxylic acids is 1.